The summed E-state index contributed by atoms with van der Waals surface area (Å²) in [5.41, 5.74) is 0. The molecule has 6 nitrogen and oxygen atoms in total. The summed E-state index contributed by atoms with van der Waals surface area (Å²) in [6.45, 7) is 5.09. The standard InChI is InChI=1S/C17H24N2O4/c1-3-22-17(21)19-11-9-14(10-12-19)18-16(20)13(2)23-15-7-5-4-6-8-15/h4-8,13-14H,3,9-12H2,1-2H3,(H,18,20)/t13-/m0/s1. The van der Waals surface area contributed by atoms with Crippen molar-refractivity contribution in [2.24, 2.45) is 0 Å². The van der Waals surface area contributed by atoms with Crippen molar-refractivity contribution >= 4 is 12.0 Å². The summed E-state index contributed by atoms with van der Waals surface area (Å²) in [5, 5.41) is 2.99. The number of amides is 2. The normalized spacial score (nSPS) is 16.5. The van der Waals surface area contributed by atoms with Crippen LogP contribution in [0, 0.1) is 0 Å². The molecule has 0 saturated carbocycles. The van der Waals surface area contributed by atoms with E-state index in [0.717, 1.165) is 12.8 Å². The Morgan fingerprint density at radius 2 is 1.91 bits per heavy atom. The van der Waals surface area contributed by atoms with Crippen molar-refractivity contribution < 1.29 is 19.1 Å². The molecule has 1 aliphatic rings. The smallest absolute Gasteiger partial charge is 0.409 e. The Morgan fingerprint density at radius 3 is 2.52 bits per heavy atom. The van der Waals surface area contributed by atoms with Crippen LogP contribution in [0.15, 0.2) is 30.3 Å². The van der Waals surface area contributed by atoms with Crippen LogP contribution in [0.4, 0.5) is 4.79 Å². The molecular weight excluding hydrogens is 296 g/mol. The van der Waals surface area contributed by atoms with Gasteiger partial charge in [-0.05, 0) is 38.8 Å². The molecule has 0 bridgehead atoms. The monoisotopic (exact) mass is 320 g/mol. The van der Waals surface area contributed by atoms with Crippen molar-refractivity contribution in [3.05, 3.63) is 30.3 Å². The molecule has 1 aliphatic heterocycles. The van der Waals surface area contributed by atoms with E-state index in [1.165, 1.54) is 0 Å². The van der Waals surface area contributed by atoms with Crippen LogP contribution in [0.25, 0.3) is 0 Å². The number of ether oxygens (including phenoxy) is 2. The number of hydrogen-bond donors (Lipinski definition) is 1. The van der Waals surface area contributed by atoms with Gasteiger partial charge in [0.05, 0.1) is 6.61 Å². The van der Waals surface area contributed by atoms with Gasteiger partial charge in [-0.1, -0.05) is 18.2 Å². The van der Waals surface area contributed by atoms with E-state index in [1.54, 1.807) is 18.7 Å². The zero-order valence-corrected chi connectivity index (χ0v) is 13.7. The van der Waals surface area contributed by atoms with Gasteiger partial charge in [-0.15, -0.1) is 0 Å². The zero-order valence-electron chi connectivity index (χ0n) is 13.7. The maximum Gasteiger partial charge on any atom is 0.409 e. The average molecular weight is 320 g/mol. The molecule has 6 heteroatoms. The molecular formula is C17H24N2O4. The summed E-state index contributed by atoms with van der Waals surface area (Å²) in [5.74, 6) is 0.538. The number of para-hydroxylation sites is 1. The van der Waals surface area contributed by atoms with Crippen LogP contribution in [-0.2, 0) is 9.53 Å². The minimum absolute atomic E-state index is 0.0648. The lowest BCUT2D eigenvalue weighted by Crippen LogP contribution is -2.49. The molecule has 23 heavy (non-hydrogen) atoms. The largest absolute Gasteiger partial charge is 0.481 e. The summed E-state index contributed by atoms with van der Waals surface area (Å²) in [7, 11) is 0. The number of nitrogens with one attached hydrogen (secondary N) is 1. The van der Waals surface area contributed by atoms with Gasteiger partial charge in [-0.25, -0.2) is 4.79 Å². The highest BCUT2D eigenvalue weighted by Gasteiger charge is 2.26. The summed E-state index contributed by atoms with van der Waals surface area (Å²) < 4.78 is 10.6. The summed E-state index contributed by atoms with van der Waals surface area (Å²) >= 11 is 0. The van der Waals surface area contributed by atoms with Crippen LogP contribution >= 0.6 is 0 Å². The van der Waals surface area contributed by atoms with E-state index in [4.69, 9.17) is 9.47 Å². The number of carbonyl (C=O) groups excluding carboxylic acids is 2. The number of carbonyl (C=O) groups is 2. The van der Waals surface area contributed by atoms with Crippen LogP contribution in [0.1, 0.15) is 26.7 Å². The van der Waals surface area contributed by atoms with Crippen LogP contribution in [0.3, 0.4) is 0 Å². The summed E-state index contributed by atoms with van der Waals surface area (Å²) in [6, 6.07) is 9.34. The highest BCUT2D eigenvalue weighted by molar-refractivity contribution is 5.81. The van der Waals surface area contributed by atoms with Crippen LogP contribution in [-0.4, -0.2) is 48.7 Å². The number of benzene rings is 1. The van der Waals surface area contributed by atoms with Gasteiger partial charge in [0.15, 0.2) is 6.10 Å². The van der Waals surface area contributed by atoms with Crippen molar-refractivity contribution in [1.29, 1.82) is 0 Å². The molecule has 1 saturated heterocycles. The van der Waals surface area contributed by atoms with Crippen molar-refractivity contribution in [2.75, 3.05) is 19.7 Å². The van der Waals surface area contributed by atoms with Crippen molar-refractivity contribution in [3.8, 4) is 5.75 Å². The first-order chi connectivity index (χ1) is 11.1. The molecule has 0 radical (unpaired) electrons. The molecule has 0 aromatic heterocycles. The van der Waals surface area contributed by atoms with Gasteiger partial charge >= 0.3 is 6.09 Å². The van der Waals surface area contributed by atoms with E-state index in [0.29, 0.717) is 25.4 Å². The van der Waals surface area contributed by atoms with Gasteiger partial charge in [0, 0.05) is 19.1 Å². The van der Waals surface area contributed by atoms with Gasteiger partial charge in [-0.2, -0.15) is 0 Å². The third-order valence-corrected chi connectivity index (χ3v) is 3.79. The predicted molar refractivity (Wildman–Crippen MR) is 86.3 cm³/mol. The number of piperidine rings is 1. The fourth-order valence-electron chi connectivity index (χ4n) is 2.50. The lowest BCUT2D eigenvalue weighted by molar-refractivity contribution is -0.128. The Morgan fingerprint density at radius 1 is 1.26 bits per heavy atom. The lowest BCUT2D eigenvalue weighted by atomic mass is 10.1. The Labute approximate surface area is 136 Å². The second kappa shape index (κ2) is 8.41. The molecule has 1 fully saturated rings. The molecule has 0 aliphatic carbocycles. The molecule has 1 heterocycles. The second-order valence-corrected chi connectivity index (χ2v) is 5.54. The van der Waals surface area contributed by atoms with E-state index in [2.05, 4.69) is 5.32 Å². The highest BCUT2D eigenvalue weighted by atomic mass is 16.6. The SMILES string of the molecule is CCOC(=O)N1CCC(NC(=O)[C@H](C)Oc2ccccc2)CC1. The maximum absolute atomic E-state index is 12.2. The van der Waals surface area contributed by atoms with Crippen LogP contribution in [0.5, 0.6) is 5.75 Å². The Hall–Kier alpha value is -2.24. The van der Waals surface area contributed by atoms with E-state index in [1.807, 2.05) is 30.3 Å². The molecule has 1 atom stereocenters. The number of rotatable bonds is 5. The second-order valence-electron chi connectivity index (χ2n) is 5.54. The molecule has 2 rings (SSSR count). The number of nitrogens with zero attached hydrogens (tertiary/aromatic N) is 1. The number of likely N-dealkylation sites (tertiary alicyclic amines) is 1. The first-order valence-electron chi connectivity index (χ1n) is 8.04. The van der Waals surface area contributed by atoms with Gasteiger partial charge in [0.1, 0.15) is 5.75 Å². The zero-order chi connectivity index (χ0) is 16.7. The minimum atomic E-state index is -0.555. The first-order valence-corrected chi connectivity index (χ1v) is 8.04. The van der Waals surface area contributed by atoms with Gasteiger partial charge in [0.2, 0.25) is 0 Å². The van der Waals surface area contributed by atoms with Gasteiger partial charge < -0.3 is 19.7 Å². The average Bonchev–Trinajstić information content (AvgIpc) is 2.56. The van der Waals surface area contributed by atoms with Crippen molar-refractivity contribution in [2.45, 2.75) is 38.8 Å². The molecule has 1 N–H and O–H groups in total. The Kier molecular flexibility index (Phi) is 6.26. The molecule has 2 amide bonds. The third-order valence-electron chi connectivity index (χ3n) is 3.79. The molecule has 126 valence electrons. The van der Waals surface area contributed by atoms with Gasteiger partial charge in [0.25, 0.3) is 5.91 Å². The van der Waals surface area contributed by atoms with Crippen molar-refractivity contribution in [1.82, 2.24) is 10.2 Å². The maximum atomic E-state index is 12.2. The molecule has 1 aromatic carbocycles. The van der Waals surface area contributed by atoms with E-state index in [-0.39, 0.29) is 18.0 Å². The molecule has 0 unspecified atom stereocenters. The first kappa shape index (κ1) is 17.1. The van der Waals surface area contributed by atoms with Crippen molar-refractivity contribution in [3.63, 3.8) is 0 Å². The quantitative estimate of drug-likeness (QED) is 0.903. The fourth-order valence-corrected chi connectivity index (χ4v) is 2.50. The molecule has 0 spiro atoms. The van der Waals surface area contributed by atoms with E-state index >= 15 is 0 Å². The Bertz CT molecular complexity index is 513. The minimum Gasteiger partial charge on any atom is -0.481 e. The van der Waals surface area contributed by atoms with Gasteiger partial charge in [-0.3, -0.25) is 4.79 Å². The van der Waals surface area contributed by atoms with E-state index < -0.39 is 6.10 Å². The lowest BCUT2D eigenvalue weighted by Gasteiger charge is -2.32. The summed E-state index contributed by atoms with van der Waals surface area (Å²) in [4.78, 5) is 25.5. The topological polar surface area (TPSA) is 67.9 Å². The predicted octanol–water partition coefficient (Wildman–Crippen LogP) is 2.19. The fraction of sp³-hybridized carbons (Fsp3) is 0.529. The Balaban J connectivity index is 1.75. The van der Waals surface area contributed by atoms with Crippen LogP contribution in [0.2, 0.25) is 0 Å². The number of hydrogen-bond acceptors (Lipinski definition) is 4. The van der Waals surface area contributed by atoms with E-state index in [9.17, 15) is 9.59 Å². The molecule has 1 aromatic rings. The van der Waals surface area contributed by atoms with Crippen LogP contribution < -0.4 is 10.1 Å². The summed E-state index contributed by atoms with van der Waals surface area (Å²) in [6.07, 6.45) is 0.615. The third kappa shape index (κ3) is 5.16. The highest BCUT2D eigenvalue weighted by Crippen LogP contribution is 2.14.